The van der Waals surface area contributed by atoms with E-state index in [4.69, 9.17) is 26.6 Å². The summed E-state index contributed by atoms with van der Waals surface area (Å²) in [5, 5.41) is 0.626. The maximum Gasteiger partial charge on any atom is 0.491 e. The molecule has 2 N–H and O–H groups in total. The molecule has 0 amide bonds. The third kappa shape index (κ3) is 4.36. The number of rotatable bonds is 4. The van der Waals surface area contributed by atoms with Gasteiger partial charge in [-0.15, -0.1) is 0 Å². The van der Waals surface area contributed by atoms with Crippen LogP contribution < -0.4 is 5.73 Å². The molecule has 1 aliphatic heterocycles. The Hall–Kier alpha value is -0.945. The predicted molar refractivity (Wildman–Crippen MR) is 103 cm³/mol. The van der Waals surface area contributed by atoms with E-state index >= 15 is 0 Å². The molecule has 0 aromatic heterocycles. The lowest BCUT2D eigenvalue weighted by Crippen LogP contribution is -2.41. The zero-order chi connectivity index (χ0) is 18.1. The van der Waals surface area contributed by atoms with Gasteiger partial charge in [0.2, 0.25) is 0 Å². The van der Waals surface area contributed by atoms with Gasteiger partial charge < -0.3 is 15.0 Å². The van der Waals surface area contributed by atoms with Crippen molar-refractivity contribution in [1.82, 2.24) is 0 Å². The number of benzene rings is 1. The molecule has 2 rings (SSSR count). The molecule has 0 unspecified atom stereocenters. The number of hydrogen-bond donors (Lipinski definition) is 1. The van der Waals surface area contributed by atoms with E-state index in [1.807, 2.05) is 39.8 Å². The number of nitrogens with two attached hydrogens (primary N) is 1. The molecule has 4 nitrogen and oxygen atoms in total. The average Bonchev–Trinajstić information content (AvgIpc) is 2.65. The van der Waals surface area contributed by atoms with Crippen molar-refractivity contribution in [2.24, 2.45) is 0 Å². The summed E-state index contributed by atoms with van der Waals surface area (Å²) in [5.41, 5.74) is 7.43. The van der Waals surface area contributed by atoms with Crippen LogP contribution in [-0.2, 0) is 14.1 Å². The molecule has 1 aliphatic rings. The standard InChI is InChI=1S/C17H23BClNO3S/c1-11(21)24-10-13(8-12-6-7-14(19)9-15(12)20)18-22-16(2,3)17(4,5)23-18/h6-9H,10,20H2,1-5H3. The summed E-state index contributed by atoms with van der Waals surface area (Å²) >= 11 is 7.18. The summed E-state index contributed by atoms with van der Waals surface area (Å²) in [5.74, 6) is 0.480. The topological polar surface area (TPSA) is 61.6 Å². The average molecular weight is 368 g/mol. The van der Waals surface area contributed by atoms with E-state index in [0.29, 0.717) is 16.5 Å². The first kappa shape index (κ1) is 19.4. The smallest absolute Gasteiger partial charge is 0.400 e. The van der Waals surface area contributed by atoms with E-state index in [1.54, 1.807) is 19.1 Å². The summed E-state index contributed by atoms with van der Waals surface area (Å²) in [4.78, 5) is 11.4. The summed E-state index contributed by atoms with van der Waals surface area (Å²) in [6.07, 6.45) is 1.92. The number of anilines is 1. The van der Waals surface area contributed by atoms with Gasteiger partial charge in [-0.1, -0.05) is 35.5 Å². The molecule has 1 saturated heterocycles. The van der Waals surface area contributed by atoms with Crippen LogP contribution in [0.5, 0.6) is 0 Å². The lowest BCUT2D eigenvalue weighted by molar-refractivity contribution is -0.109. The third-order valence-electron chi connectivity index (χ3n) is 4.39. The second kappa shape index (κ2) is 7.12. The van der Waals surface area contributed by atoms with Crippen LogP contribution in [-0.4, -0.2) is 29.2 Å². The highest BCUT2D eigenvalue weighted by atomic mass is 35.5. The number of carbonyl (C=O) groups is 1. The molecule has 0 aliphatic carbocycles. The Balaban J connectivity index is 2.35. The quantitative estimate of drug-likeness (QED) is 0.638. The van der Waals surface area contributed by atoms with Crippen molar-refractivity contribution in [1.29, 1.82) is 0 Å². The molecule has 24 heavy (non-hydrogen) atoms. The molecular weight excluding hydrogens is 345 g/mol. The highest BCUT2D eigenvalue weighted by Crippen LogP contribution is 2.39. The van der Waals surface area contributed by atoms with Gasteiger partial charge >= 0.3 is 7.12 Å². The molecule has 0 saturated carbocycles. The Kier molecular flexibility index (Phi) is 5.75. The fraction of sp³-hybridized carbons (Fsp3) is 0.471. The number of hydrogen-bond acceptors (Lipinski definition) is 5. The van der Waals surface area contributed by atoms with Crippen LogP contribution in [0.1, 0.15) is 40.2 Å². The number of thioether (sulfide) groups is 1. The molecule has 1 heterocycles. The number of halogens is 1. The van der Waals surface area contributed by atoms with Crippen LogP contribution in [0.2, 0.25) is 5.02 Å². The fourth-order valence-electron chi connectivity index (χ4n) is 2.23. The Morgan fingerprint density at radius 1 is 1.29 bits per heavy atom. The molecule has 1 aromatic carbocycles. The van der Waals surface area contributed by atoms with Crippen LogP contribution in [0, 0.1) is 0 Å². The van der Waals surface area contributed by atoms with Crippen molar-refractivity contribution >= 4 is 47.4 Å². The predicted octanol–water partition coefficient (Wildman–Crippen LogP) is 4.22. The van der Waals surface area contributed by atoms with Crippen molar-refractivity contribution in [2.45, 2.75) is 45.8 Å². The lowest BCUT2D eigenvalue weighted by Gasteiger charge is -2.32. The monoisotopic (exact) mass is 367 g/mol. The first-order valence-corrected chi connectivity index (χ1v) is 9.13. The second-order valence-electron chi connectivity index (χ2n) is 6.86. The fourth-order valence-corrected chi connectivity index (χ4v) is 3.00. The molecule has 130 valence electrons. The van der Waals surface area contributed by atoms with Gasteiger partial charge in [-0.3, -0.25) is 4.79 Å². The third-order valence-corrected chi connectivity index (χ3v) is 5.51. The van der Waals surface area contributed by atoms with E-state index in [-0.39, 0.29) is 5.12 Å². The molecule has 1 fully saturated rings. The SMILES string of the molecule is CC(=O)SCC(=Cc1ccc(Cl)cc1N)B1OC(C)(C)C(C)(C)O1. The Morgan fingerprint density at radius 2 is 1.88 bits per heavy atom. The van der Waals surface area contributed by atoms with Gasteiger partial charge in [-0.2, -0.15) is 0 Å². The van der Waals surface area contributed by atoms with Gasteiger partial charge in [0, 0.05) is 23.4 Å². The highest BCUT2D eigenvalue weighted by Gasteiger charge is 2.52. The molecular formula is C17H23BClNO3S. The van der Waals surface area contributed by atoms with E-state index < -0.39 is 18.3 Å². The first-order valence-electron chi connectivity index (χ1n) is 7.76. The molecule has 0 bridgehead atoms. The van der Waals surface area contributed by atoms with Crippen molar-refractivity contribution in [3.8, 4) is 0 Å². The first-order chi connectivity index (χ1) is 11.0. The van der Waals surface area contributed by atoms with Crippen LogP contribution in [0.25, 0.3) is 6.08 Å². The van der Waals surface area contributed by atoms with Crippen LogP contribution in [0.3, 0.4) is 0 Å². The largest absolute Gasteiger partial charge is 0.491 e. The van der Waals surface area contributed by atoms with Crippen LogP contribution in [0.4, 0.5) is 5.69 Å². The number of nitrogen functional groups attached to an aromatic ring is 1. The van der Waals surface area contributed by atoms with Crippen molar-refractivity contribution in [3.63, 3.8) is 0 Å². The summed E-state index contributed by atoms with van der Waals surface area (Å²) in [7, 11) is -0.517. The van der Waals surface area contributed by atoms with Crippen molar-refractivity contribution in [2.75, 3.05) is 11.5 Å². The minimum Gasteiger partial charge on any atom is -0.400 e. The van der Waals surface area contributed by atoms with Crippen molar-refractivity contribution in [3.05, 3.63) is 34.3 Å². The van der Waals surface area contributed by atoms with E-state index in [1.165, 1.54) is 11.8 Å². The summed E-state index contributed by atoms with van der Waals surface area (Å²) < 4.78 is 12.2. The zero-order valence-electron chi connectivity index (χ0n) is 14.7. The molecule has 0 radical (unpaired) electrons. The van der Waals surface area contributed by atoms with E-state index in [9.17, 15) is 4.79 Å². The normalized spacial score (nSPS) is 19.6. The van der Waals surface area contributed by atoms with Gasteiger partial charge in [0.15, 0.2) is 5.12 Å². The van der Waals surface area contributed by atoms with Gasteiger partial charge in [0.05, 0.1) is 11.2 Å². The minimum atomic E-state index is -0.517. The van der Waals surface area contributed by atoms with Crippen LogP contribution in [0.15, 0.2) is 23.7 Å². The van der Waals surface area contributed by atoms with Gasteiger partial charge in [0.1, 0.15) is 0 Å². The van der Waals surface area contributed by atoms with Crippen LogP contribution >= 0.6 is 23.4 Å². The van der Waals surface area contributed by atoms with E-state index in [0.717, 1.165) is 11.0 Å². The van der Waals surface area contributed by atoms with Crippen molar-refractivity contribution < 1.29 is 14.1 Å². The molecule has 0 atom stereocenters. The second-order valence-corrected chi connectivity index (χ2v) is 8.45. The maximum atomic E-state index is 11.4. The van der Waals surface area contributed by atoms with Gasteiger partial charge in [0.25, 0.3) is 0 Å². The Labute approximate surface area is 153 Å². The summed E-state index contributed by atoms with van der Waals surface area (Å²) in [6, 6.07) is 5.33. The highest BCUT2D eigenvalue weighted by molar-refractivity contribution is 8.13. The molecule has 7 heteroatoms. The van der Waals surface area contributed by atoms with Gasteiger partial charge in [-0.25, -0.2) is 0 Å². The minimum absolute atomic E-state index is 0.0431. The Bertz CT molecular complexity index is 660. The number of carbonyl (C=O) groups excluding carboxylic acids is 1. The molecule has 0 spiro atoms. The summed E-state index contributed by atoms with van der Waals surface area (Å²) in [6.45, 7) is 9.54. The molecule has 1 aromatic rings. The maximum absolute atomic E-state index is 11.4. The zero-order valence-corrected chi connectivity index (χ0v) is 16.3. The van der Waals surface area contributed by atoms with E-state index in [2.05, 4.69) is 0 Å². The lowest BCUT2D eigenvalue weighted by atomic mass is 9.78. The Morgan fingerprint density at radius 3 is 2.38 bits per heavy atom. The van der Waals surface area contributed by atoms with Gasteiger partial charge in [-0.05, 0) is 50.9 Å².